The van der Waals surface area contributed by atoms with Crippen LogP contribution in [0, 0.1) is 5.82 Å². The van der Waals surface area contributed by atoms with E-state index >= 15 is 0 Å². The number of carbonyl (C=O) groups excluding carboxylic acids is 1. The molecule has 0 atom stereocenters. The number of amides is 1. The van der Waals surface area contributed by atoms with Gasteiger partial charge < -0.3 is 4.90 Å². The molecule has 0 saturated carbocycles. The van der Waals surface area contributed by atoms with Crippen LogP contribution in [0.25, 0.3) is 0 Å². The minimum absolute atomic E-state index is 0.0255. The lowest BCUT2D eigenvalue weighted by Crippen LogP contribution is -2.26. The summed E-state index contributed by atoms with van der Waals surface area (Å²) in [6, 6.07) is 10.7. The molecule has 2 rings (SSSR count). The molecule has 0 aliphatic carbocycles. The van der Waals surface area contributed by atoms with Crippen LogP contribution in [0.3, 0.4) is 0 Å². The summed E-state index contributed by atoms with van der Waals surface area (Å²) in [5.41, 5.74) is 0.673. The Morgan fingerprint density at radius 2 is 1.65 bits per heavy atom. The average Bonchev–Trinajstić information content (AvgIpc) is 2.55. The minimum Gasteiger partial charge on any atom is -0.342 e. The zero-order chi connectivity index (χ0) is 17.0. The zero-order valence-corrected chi connectivity index (χ0v) is 13.6. The standard InChI is InChI=1S/C16H17FN2O3S/c1-3-19(2)16(20)12-4-10-15(11-5-12)23(21,22)18-14-8-6-13(17)7-9-14/h4-11,18H,3H2,1-2H3. The molecule has 122 valence electrons. The number of sulfonamides is 1. The molecule has 0 bridgehead atoms. The Labute approximate surface area is 134 Å². The van der Waals surface area contributed by atoms with Gasteiger partial charge in [-0.25, -0.2) is 12.8 Å². The van der Waals surface area contributed by atoms with E-state index in [4.69, 9.17) is 0 Å². The summed E-state index contributed by atoms with van der Waals surface area (Å²) in [6.07, 6.45) is 0. The summed E-state index contributed by atoms with van der Waals surface area (Å²) in [5, 5.41) is 0. The fraction of sp³-hybridized carbons (Fsp3) is 0.188. The van der Waals surface area contributed by atoms with E-state index in [1.165, 1.54) is 53.4 Å². The summed E-state index contributed by atoms with van der Waals surface area (Å²) in [6.45, 7) is 2.41. The molecule has 23 heavy (non-hydrogen) atoms. The molecule has 1 amide bonds. The Morgan fingerprint density at radius 1 is 1.09 bits per heavy atom. The van der Waals surface area contributed by atoms with Crippen molar-refractivity contribution in [3.8, 4) is 0 Å². The maximum absolute atomic E-state index is 12.8. The fourth-order valence-electron chi connectivity index (χ4n) is 1.87. The molecule has 7 heteroatoms. The predicted octanol–water partition coefficient (Wildman–Crippen LogP) is 2.72. The van der Waals surface area contributed by atoms with Gasteiger partial charge in [0, 0.05) is 24.8 Å². The highest BCUT2D eigenvalue weighted by molar-refractivity contribution is 7.92. The first-order valence-corrected chi connectivity index (χ1v) is 8.45. The third-order valence-corrected chi connectivity index (χ3v) is 4.73. The van der Waals surface area contributed by atoms with Crippen molar-refractivity contribution < 1.29 is 17.6 Å². The van der Waals surface area contributed by atoms with Crippen molar-refractivity contribution in [2.45, 2.75) is 11.8 Å². The number of anilines is 1. The topological polar surface area (TPSA) is 66.5 Å². The Kier molecular flexibility index (Phi) is 5.00. The van der Waals surface area contributed by atoms with E-state index in [1.54, 1.807) is 7.05 Å². The van der Waals surface area contributed by atoms with E-state index < -0.39 is 15.8 Å². The molecule has 0 spiro atoms. The summed E-state index contributed by atoms with van der Waals surface area (Å²) in [7, 11) is -2.12. The molecular formula is C16H17FN2O3S. The first-order chi connectivity index (χ1) is 10.8. The van der Waals surface area contributed by atoms with Gasteiger partial charge >= 0.3 is 0 Å². The molecule has 0 fully saturated rings. The van der Waals surface area contributed by atoms with Crippen LogP contribution < -0.4 is 4.72 Å². The van der Waals surface area contributed by atoms with Crippen LogP contribution in [0.2, 0.25) is 0 Å². The zero-order valence-electron chi connectivity index (χ0n) is 12.8. The smallest absolute Gasteiger partial charge is 0.261 e. The number of nitrogens with one attached hydrogen (secondary N) is 1. The third kappa shape index (κ3) is 4.07. The van der Waals surface area contributed by atoms with E-state index in [2.05, 4.69) is 4.72 Å². The van der Waals surface area contributed by atoms with Crippen LogP contribution in [-0.2, 0) is 10.0 Å². The van der Waals surface area contributed by atoms with Crippen LogP contribution >= 0.6 is 0 Å². The quantitative estimate of drug-likeness (QED) is 0.913. The number of hydrogen-bond acceptors (Lipinski definition) is 3. The van der Waals surface area contributed by atoms with Gasteiger partial charge in [-0.1, -0.05) is 0 Å². The monoisotopic (exact) mass is 336 g/mol. The Balaban J connectivity index is 2.20. The van der Waals surface area contributed by atoms with Crippen LogP contribution in [0.1, 0.15) is 17.3 Å². The van der Waals surface area contributed by atoms with Crippen LogP contribution in [0.15, 0.2) is 53.4 Å². The van der Waals surface area contributed by atoms with Crippen molar-refractivity contribution in [1.82, 2.24) is 4.90 Å². The van der Waals surface area contributed by atoms with Crippen molar-refractivity contribution >= 4 is 21.6 Å². The Morgan fingerprint density at radius 3 is 2.17 bits per heavy atom. The SMILES string of the molecule is CCN(C)C(=O)c1ccc(S(=O)(=O)Nc2ccc(F)cc2)cc1. The second-order valence-corrected chi connectivity index (χ2v) is 6.64. The van der Waals surface area contributed by atoms with Gasteiger partial charge in [0.25, 0.3) is 15.9 Å². The number of nitrogens with zero attached hydrogens (tertiary/aromatic N) is 1. The lowest BCUT2D eigenvalue weighted by Gasteiger charge is -2.14. The van der Waals surface area contributed by atoms with E-state index in [0.29, 0.717) is 12.1 Å². The summed E-state index contributed by atoms with van der Waals surface area (Å²) < 4.78 is 39.7. The van der Waals surface area contributed by atoms with Crippen LogP contribution in [0.4, 0.5) is 10.1 Å². The molecule has 1 N–H and O–H groups in total. The second-order valence-electron chi connectivity index (χ2n) is 4.96. The van der Waals surface area contributed by atoms with Gasteiger partial charge in [0.15, 0.2) is 0 Å². The molecule has 0 aliphatic rings. The molecule has 5 nitrogen and oxygen atoms in total. The van der Waals surface area contributed by atoms with E-state index in [9.17, 15) is 17.6 Å². The highest BCUT2D eigenvalue weighted by atomic mass is 32.2. The molecule has 0 unspecified atom stereocenters. The summed E-state index contributed by atoms with van der Waals surface area (Å²) in [4.78, 5) is 13.5. The van der Waals surface area contributed by atoms with Gasteiger partial charge in [-0.3, -0.25) is 9.52 Å². The maximum atomic E-state index is 12.8. The maximum Gasteiger partial charge on any atom is 0.261 e. The Hall–Kier alpha value is -2.41. The first kappa shape index (κ1) is 17.0. The summed E-state index contributed by atoms with van der Waals surface area (Å²) >= 11 is 0. The van der Waals surface area contributed by atoms with Crippen molar-refractivity contribution in [2.24, 2.45) is 0 Å². The molecule has 0 saturated heterocycles. The molecule has 2 aromatic rings. The summed E-state index contributed by atoms with van der Waals surface area (Å²) in [5.74, 6) is -0.626. The van der Waals surface area contributed by atoms with Gasteiger partial charge in [-0.05, 0) is 55.5 Å². The first-order valence-electron chi connectivity index (χ1n) is 6.97. The third-order valence-electron chi connectivity index (χ3n) is 3.33. The Bertz CT molecular complexity index is 787. The molecular weight excluding hydrogens is 319 g/mol. The minimum atomic E-state index is -3.79. The molecule has 2 aromatic carbocycles. The van der Waals surface area contributed by atoms with Gasteiger partial charge in [-0.2, -0.15) is 0 Å². The molecule has 0 radical (unpaired) electrons. The number of rotatable bonds is 5. The van der Waals surface area contributed by atoms with E-state index in [1.807, 2.05) is 6.92 Å². The highest BCUT2D eigenvalue weighted by Gasteiger charge is 2.16. The average molecular weight is 336 g/mol. The van der Waals surface area contributed by atoms with Crippen LogP contribution in [-0.4, -0.2) is 32.8 Å². The lowest BCUT2D eigenvalue weighted by molar-refractivity contribution is 0.0802. The predicted molar refractivity (Wildman–Crippen MR) is 86.3 cm³/mol. The molecule has 0 aromatic heterocycles. The molecule has 0 heterocycles. The van der Waals surface area contributed by atoms with Crippen molar-refractivity contribution in [2.75, 3.05) is 18.3 Å². The second kappa shape index (κ2) is 6.78. The van der Waals surface area contributed by atoms with Gasteiger partial charge in [-0.15, -0.1) is 0 Å². The molecule has 0 aliphatic heterocycles. The van der Waals surface area contributed by atoms with Gasteiger partial charge in [0.2, 0.25) is 0 Å². The van der Waals surface area contributed by atoms with E-state index in [-0.39, 0.29) is 16.5 Å². The van der Waals surface area contributed by atoms with Crippen molar-refractivity contribution in [3.05, 3.63) is 59.9 Å². The van der Waals surface area contributed by atoms with Gasteiger partial charge in [0.1, 0.15) is 5.82 Å². The number of carbonyl (C=O) groups is 1. The van der Waals surface area contributed by atoms with E-state index in [0.717, 1.165) is 0 Å². The fourth-order valence-corrected chi connectivity index (χ4v) is 2.93. The lowest BCUT2D eigenvalue weighted by atomic mass is 10.2. The van der Waals surface area contributed by atoms with Crippen molar-refractivity contribution in [1.29, 1.82) is 0 Å². The number of hydrogen-bond donors (Lipinski definition) is 1. The van der Waals surface area contributed by atoms with Gasteiger partial charge in [0.05, 0.1) is 4.90 Å². The number of benzene rings is 2. The van der Waals surface area contributed by atoms with Crippen molar-refractivity contribution in [3.63, 3.8) is 0 Å². The highest BCUT2D eigenvalue weighted by Crippen LogP contribution is 2.17. The number of halogens is 1. The largest absolute Gasteiger partial charge is 0.342 e. The van der Waals surface area contributed by atoms with Crippen LogP contribution in [0.5, 0.6) is 0 Å². The normalized spacial score (nSPS) is 11.1.